The fourth-order valence-corrected chi connectivity index (χ4v) is 2.97. The van der Waals surface area contributed by atoms with Crippen LogP contribution in [0.4, 0.5) is 10.5 Å². The van der Waals surface area contributed by atoms with Crippen LogP contribution >= 0.6 is 0 Å². The second-order valence-corrected chi connectivity index (χ2v) is 5.49. The van der Waals surface area contributed by atoms with Gasteiger partial charge in [-0.1, -0.05) is 6.07 Å². The van der Waals surface area contributed by atoms with Gasteiger partial charge >= 0.3 is 6.03 Å². The van der Waals surface area contributed by atoms with E-state index in [1.54, 1.807) is 19.2 Å². The molecule has 3 rings (SSSR count). The normalized spacial score (nSPS) is 18.9. The van der Waals surface area contributed by atoms with Gasteiger partial charge in [-0.15, -0.1) is 0 Å². The Morgan fingerprint density at radius 3 is 2.81 bits per heavy atom. The molecule has 112 valence electrons. The fraction of sp³-hybridized carbons (Fsp3) is 0.467. The summed E-state index contributed by atoms with van der Waals surface area (Å²) in [6.07, 6.45) is 1.97. The van der Waals surface area contributed by atoms with E-state index in [4.69, 9.17) is 0 Å². The number of carbonyl (C=O) groups excluding carboxylic acids is 2. The maximum atomic E-state index is 12.3. The molecule has 3 amide bonds. The summed E-state index contributed by atoms with van der Waals surface area (Å²) in [5, 5.41) is 8.82. The molecule has 0 atom stereocenters. The van der Waals surface area contributed by atoms with Crippen LogP contribution in [0.3, 0.4) is 0 Å². The third-order valence-electron chi connectivity index (χ3n) is 4.19. The number of fused-ring (bicyclic) bond motifs is 1. The van der Waals surface area contributed by atoms with Gasteiger partial charge < -0.3 is 20.9 Å². The smallest absolute Gasteiger partial charge is 0.322 e. The van der Waals surface area contributed by atoms with Gasteiger partial charge in [0.2, 0.25) is 0 Å². The van der Waals surface area contributed by atoms with Crippen LogP contribution in [-0.4, -0.2) is 43.0 Å². The Kier molecular flexibility index (Phi) is 3.79. The number of hydrogen-bond donors (Lipinski definition) is 3. The van der Waals surface area contributed by atoms with Gasteiger partial charge in [-0.2, -0.15) is 0 Å². The maximum Gasteiger partial charge on any atom is 0.322 e. The average molecular weight is 288 g/mol. The number of carbonyl (C=O) groups is 2. The first-order valence-corrected chi connectivity index (χ1v) is 7.32. The lowest BCUT2D eigenvalue weighted by Crippen LogP contribution is -2.49. The summed E-state index contributed by atoms with van der Waals surface area (Å²) in [6, 6.07) is 5.69. The van der Waals surface area contributed by atoms with Crippen molar-refractivity contribution in [3.8, 4) is 0 Å². The van der Waals surface area contributed by atoms with Gasteiger partial charge in [-0.05, 0) is 43.6 Å². The van der Waals surface area contributed by atoms with Crippen LogP contribution in [0.25, 0.3) is 0 Å². The zero-order valence-corrected chi connectivity index (χ0v) is 12.1. The van der Waals surface area contributed by atoms with Crippen molar-refractivity contribution in [3.63, 3.8) is 0 Å². The summed E-state index contributed by atoms with van der Waals surface area (Å²) in [5.41, 5.74) is 2.36. The number of anilines is 1. The number of piperidine rings is 1. The summed E-state index contributed by atoms with van der Waals surface area (Å²) in [5.74, 6) is -0.146. The predicted molar refractivity (Wildman–Crippen MR) is 80.3 cm³/mol. The van der Waals surface area contributed by atoms with E-state index < -0.39 is 0 Å². The van der Waals surface area contributed by atoms with Crippen molar-refractivity contribution in [1.82, 2.24) is 15.5 Å². The number of rotatable bonds is 2. The van der Waals surface area contributed by atoms with Crippen LogP contribution in [0.5, 0.6) is 0 Å². The lowest BCUT2D eigenvalue weighted by atomic mass is 10.0. The van der Waals surface area contributed by atoms with Gasteiger partial charge in [0.05, 0.1) is 0 Å². The van der Waals surface area contributed by atoms with E-state index >= 15 is 0 Å². The van der Waals surface area contributed by atoms with Crippen molar-refractivity contribution < 1.29 is 9.59 Å². The van der Waals surface area contributed by atoms with Gasteiger partial charge in [0.25, 0.3) is 5.91 Å². The van der Waals surface area contributed by atoms with Gasteiger partial charge in [-0.3, -0.25) is 4.79 Å². The molecule has 0 bridgehead atoms. The lowest BCUT2D eigenvalue weighted by molar-refractivity contribution is 0.0963. The molecule has 0 radical (unpaired) electrons. The first kappa shape index (κ1) is 13.9. The number of benzene rings is 1. The van der Waals surface area contributed by atoms with Crippen molar-refractivity contribution >= 4 is 17.6 Å². The van der Waals surface area contributed by atoms with E-state index in [9.17, 15) is 9.59 Å². The van der Waals surface area contributed by atoms with E-state index in [2.05, 4.69) is 16.0 Å². The van der Waals surface area contributed by atoms with E-state index in [-0.39, 0.29) is 18.0 Å². The Morgan fingerprint density at radius 2 is 2.10 bits per heavy atom. The predicted octanol–water partition coefficient (Wildman–Crippen LogP) is 1.15. The van der Waals surface area contributed by atoms with Crippen LogP contribution in [0.1, 0.15) is 28.8 Å². The molecule has 0 unspecified atom stereocenters. The highest BCUT2D eigenvalue weighted by Crippen LogP contribution is 2.27. The molecule has 21 heavy (non-hydrogen) atoms. The summed E-state index contributed by atoms with van der Waals surface area (Å²) in [4.78, 5) is 25.9. The van der Waals surface area contributed by atoms with Crippen molar-refractivity contribution in [1.29, 1.82) is 0 Å². The SMILES string of the molecule is CNC(=O)c1ccc2c(c1)NC(=O)N(C1CCNCC1)C2. The maximum absolute atomic E-state index is 12.3. The first-order chi connectivity index (χ1) is 10.2. The van der Waals surface area contributed by atoms with Crippen molar-refractivity contribution in [2.45, 2.75) is 25.4 Å². The summed E-state index contributed by atoms with van der Waals surface area (Å²) in [7, 11) is 1.60. The number of amides is 3. The Balaban J connectivity index is 1.81. The number of nitrogens with one attached hydrogen (secondary N) is 3. The van der Waals surface area contributed by atoms with Gasteiger partial charge in [-0.25, -0.2) is 4.79 Å². The molecule has 1 aromatic rings. The third-order valence-corrected chi connectivity index (χ3v) is 4.19. The Bertz CT molecular complexity index is 567. The minimum absolute atomic E-state index is 0.0662. The second kappa shape index (κ2) is 5.73. The van der Waals surface area contributed by atoms with E-state index in [1.807, 2.05) is 11.0 Å². The minimum atomic E-state index is -0.146. The molecule has 1 fully saturated rings. The van der Waals surface area contributed by atoms with Crippen molar-refractivity contribution in [2.24, 2.45) is 0 Å². The highest BCUT2D eigenvalue weighted by molar-refractivity contribution is 5.98. The fourth-order valence-electron chi connectivity index (χ4n) is 2.97. The molecular weight excluding hydrogens is 268 g/mol. The number of urea groups is 1. The molecule has 1 aromatic carbocycles. The van der Waals surface area contributed by atoms with Crippen LogP contribution in [-0.2, 0) is 6.54 Å². The second-order valence-electron chi connectivity index (χ2n) is 5.49. The Morgan fingerprint density at radius 1 is 1.33 bits per heavy atom. The number of nitrogens with zero attached hydrogens (tertiary/aromatic N) is 1. The van der Waals surface area contributed by atoms with Gasteiger partial charge in [0.1, 0.15) is 0 Å². The Hall–Kier alpha value is -2.08. The van der Waals surface area contributed by atoms with Gasteiger partial charge in [0, 0.05) is 30.9 Å². The van der Waals surface area contributed by atoms with E-state index in [0.29, 0.717) is 12.1 Å². The molecule has 0 saturated carbocycles. The molecule has 0 spiro atoms. The van der Waals surface area contributed by atoms with Crippen molar-refractivity contribution in [2.75, 3.05) is 25.5 Å². The van der Waals surface area contributed by atoms with Crippen LogP contribution < -0.4 is 16.0 Å². The number of hydrogen-bond acceptors (Lipinski definition) is 3. The summed E-state index contributed by atoms with van der Waals surface area (Å²) >= 11 is 0. The molecule has 0 aliphatic carbocycles. The molecule has 2 aliphatic heterocycles. The van der Waals surface area contributed by atoms with E-state index in [0.717, 1.165) is 37.2 Å². The topological polar surface area (TPSA) is 73.5 Å². The molecule has 3 N–H and O–H groups in total. The summed E-state index contributed by atoms with van der Waals surface area (Å²) in [6.45, 7) is 2.52. The standard InChI is InChI=1S/C15H20N4O2/c1-16-14(20)10-2-3-11-9-19(12-4-6-17-7-5-12)15(21)18-13(11)8-10/h2-3,8,12,17H,4-7,9H2,1H3,(H,16,20)(H,18,21). The molecule has 2 aliphatic rings. The summed E-state index contributed by atoms with van der Waals surface area (Å²) < 4.78 is 0. The first-order valence-electron chi connectivity index (χ1n) is 7.32. The molecule has 0 aromatic heterocycles. The monoisotopic (exact) mass is 288 g/mol. The minimum Gasteiger partial charge on any atom is -0.355 e. The highest BCUT2D eigenvalue weighted by Gasteiger charge is 2.30. The highest BCUT2D eigenvalue weighted by atomic mass is 16.2. The zero-order valence-electron chi connectivity index (χ0n) is 12.1. The largest absolute Gasteiger partial charge is 0.355 e. The Labute approximate surface area is 123 Å². The van der Waals surface area contributed by atoms with Gasteiger partial charge in [0.15, 0.2) is 0 Å². The van der Waals surface area contributed by atoms with Crippen LogP contribution in [0, 0.1) is 0 Å². The third kappa shape index (κ3) is 2.71. The van der Waals surface area contributed by atoms with Crippen LogP contribution in [0.2, 0.25) is 0 Å². The lowest BCUT2D eigenvalue weighted by Gasteiger charge is -2.38. The van der Waals surface area contributed by atoms with Crippen molar-refractivity contribution in [3.05, 3.63) is 29.3 Å². The van der Waals surface area contributed by atoms with Crippen LogP contribution in [0.15, 0.2) is 18.2 Å². The molecule has 1 saturated heterocycles. The molecular formula is C15H20N4O2. The molecule has 6 nitrogen and oxygen atoms in total. The zero-order chi connectivity index (χ0) is 14.8. The molecule has 2 heterocycles. The average Bonchev–Trinajstić information content (AvgIpc) is 2.53. The molecule has 6 heteroatoms. The van der Waals surface area contributed by atoms with E-state index in [1.165, 1.54) is 0 Å². The quantitative estimate of drug-likeness (QED) is 0.764.